The van der Waals surface area contributed by atoms with Crippen LogP contribution < -0.4 is 4.57 Å². The van der Waals surface area contributed by atoms with Crippen LogP contribution >= 0.6 is 0 Å². The number of hydrogen-bond donors (Lipinski definition) is 0. The molecule has 0 radical (unpaired) electrons. The molecule has 2 aromatic rings. The Morgan fingerprint density at radius 1 is 1.08 bits per heavy atom. The van der Waals surface area contributed by atoms with Gasteiger partial charge in [0.15, 0.2) is 18.9 Å². The van der Waals surface area contributed by atoms with Crippen molar-refractivity contribution in [2.24, 2.45) is 0 Å². The molecule has 2 heterocycles. The van der Waals surface area contributed by atoms with Gasteiger partial charge in [0.2, 0.25) is 10.0 Å². The highest BCUT2D eigenvalue weighted by Crippen LogP contribution is 2.15. The normalized spacial score (nSPS) is 16.5. The molecule has 0 unspecified atom stereocenters. The molecule has 0 bridgehead atoms. The average molecular weight is 345 g/mol. The quantitative estimate of drug-likeness (QED) is 0.775. The highest BCUT2D eigenvalue weighted by Gasteiger charge is 2.28. The van der Waals surface area contributed by atoms with Crippen LogP contribution in [0, 0.1) is 0 Å². The number of morpholine rings is 1. The van der Waals surface area contributed by atoms with E-state index in [4.69, 9.17) is 4.74 Å². The zero-order valence-corrected chi connectivity index (χ0v) is 14.2. The summed E-state index contributed by atoms with van der Waals surface area (Å²) in [4.78, 5) is 0.319. The van der Waals surface area contributed by atoms with Gasteiger partial charge in [0, 0.05) is 19.2 Å². The zero-order chi connectivity index (χ0) is 16.8. The minimum Gasteiger partial charge on any atom is -0.379 e. The van der Waals surface area contributed by atoms with Gasteiger partial charge < -0.3 is 4.74 Å². The molecule has 3 rings (SSSR count). The lowest BCUT2D eigenvalue weighted by Gasteiger charge is -2.25. The molecule has 5 nitrogen and oxygen atoms in total. The van der Waals surface area contributed by atoms with Crippen molar-refractivity contribution in [2.45, 2.75) is 11.4 Å². The summed E-state index contributed by atoms with van der Waals surface area (Å²) in [7, 11) is -3.45. The Morgan fingerprint density at radius 3 is 2.58 bits per heavy atom. The molecule has 0 saturated carbocycles. The fraction of sp³-hybridized carbons (Fsp3) is 0.278. The third-order valence-electron chi connectivity index (χ3n) is 3.87. The summed E-state index contributed by atoms with van der Waals surface area (Å²) < 4.78 is 33.9. The maximum absolute atomic E-state index is 12.7. The number of benzene rings is 1. The van der Waals surface area contributed by atoms with Crippen molar-refractivity contribution in [3.05, 3.63) is 66.5 Å². The number of sulfonamides is 1. The number of rotatable bonds is 5. The standard InChI is InChI=1S/C18H21N2O3S/c21-24(22,20-12-14-23-15-13-20)18-9-5-11-19(16-18)10-4-8-17-6-2-1-3-7-17/h1-9,11,16H,10,12-15H2/q+1/b8-4+. The van der Waals surface area contributed by atoms with Crippen molar-refractivity contribution in [1.29, 1.82) is 0 Å². The molecule has 1 fully saturated rings. The Hall–Kier alpha value is -2.02. The molecule has 1 saturated heterocycles. The monoisotopic (exact) mass is 345 g/mol. The van der Waals surface area contributed by atoms with E-state index in [0.717, 1.165) is 5.56 Å². The van der Waals surface area contributed by atoms with Crippen LogP contribution in [-0.4, -0.2) is 39.0 Å². The number of allylic oxidation sites excluding steroid dienone is 1. The first-order valence-corrected chi connectivity index (χ1v) is 9.39. The lowest BCUT2D eigenvalue weighted by atomic mass is 10.2. The largest absolute Gasteiger partial charge is 0.379 e. The Kier molecular flexibility index (Phi) is 5.40. The first-order valence-electron chi connectivity index (χ1n) is 7.95. The molecule has 1 aliphatic rings. The highest BCUT2D eigenvalue weighted by atomic mass is 32.2. The van der Waals surface area contributed by atoms with Crippen LogP contribution in [0.25, 0.3) is 6.08 Å². The van der Waals surface area contributed by atoms with Crippen LogP contribution in [0.5, 0.6) is 0 Å². The van der Waals surface area contributed by atoms with E-state index in [0.29, 0.717) is 37.7 Å². The number of ether oxygens (including phenoxy) is 1. The van der Waals surface area contributed by atoms with E-state index in [1.165, 1.54) is 4.31 Å². The molecular weight excluding hydrogens is 324 g/mol. The highest BCUT2D eigenvalue weighted by molar-refractivity contribution is 7.89. The van der Waals surface area contributed by atoms with Crippen molar-refractivity contribution < 1.29 is 17.7 Å². The Bertz CT molecular complexity index is 798. The molecule has 126 valence electrons. The van der Waals surface area contributed by atoms with Gasteiger partial charge in [-0.2, -0.15) is 4.31 Å². The van der Waals surface area contributed by atoms with Crippen LogP contribution in [0.4, 0.5) is 0 Å². The van der Waals surface area contributed by atoms with Gasteiger partial charge in [-0.15, -0.1) is 0 Å². The van der Waals surface area contributed by atoms with Gasteiger partial charge in [0.25, 0.3) is 0 Å². The van der Waals surface area contributed by atoms with Crippen LogP contribution in [0.1, 0.15) is 5.56 Å². The molecule has 24 heavy (non-hydrogen) atoms. The maximum atomic E-state index is 12.7. The smallest absolute Gasteiger partial charge is 0.249 e. The predicted octanol–water partition coefficient (Wildman–Crippen LogP) is 1.71. The second-order valence-electron chi connectivity index (χ2n) is 5.57. The number of pyridine rings is 1. The van der Waals surface area contributed by atoms with Crippen molar-refractivity contribution in [1.82, 2.24) is 4.31 Å². The summed E-state index contributed by atoms with van der Waals surface area (Å²) in [6, 6.07) is 13.4. The van der Waals surface area contributed by atoms with E-state index in [-0.39, 0.29) is 0 Å². The third kappa shape index (κ3) is 4.08. The molecule has 1 aliphatic heterocycles. The molecule has 0 spiro atoms. The van der Waals surface area contributed by atoms with Crippen molar-refractivity contribution in [3.63, 3.8) is 0 Å². The van der Waals surface area contributed by atoms with Crippen LogP contribution in [0.15, 0.2) is 65.8 Å². The lowest BCUT2D eigenvalue weighted by molar-refractivity contribution is -0.688. The van der Waals surface area contributed by atoms with E-state index >= 15 is 0 Å². The molecule has 1 aromatic heterocycles. The molecule has 6 heteroatoms. The first-order chi connectivity index (χ1) is 11.7. The van der Waals surface area contributed by atoms with Crippen molar-refractivity contribution >= 4 is 16.1 Å². The van der Waals surface area contributed by atoms with Crippen LogP contribution in [0.2, 0.25) is 0 Å². The summed E-state index contributed by atoms with van der Waals surface area (Å²) in [5, 5.41) is 0. The minimum atomic E-state index is -3.45. The van der Waals surface area contributed by atoms with E-state index in [9.17, 15) is 8.42 Å². The van der Waals surface area contributed by atoms with Gasteiger partial charge in [0.05, 0.1) is 13.2 Å². The second kappa shape index (κ2) is 7.70. The molecule has 0 N–H and O–H groups in total. The van der Waals surface area contributed by atoms with Crippen LogP contribution in [0.3, 0.4) is 0 Å². The average Bonchev–Trinajstić information content (AvgIpc) is 2.64. The molecule has 0 atom stereocenters. The van der Waals surface area contributed by atoms with E-state index < -0.39 is 10.0 Å². The van der Waals surface area contributed by atoms with Gasteiger partial charge in [-0.25, -0.2) is 13.0 Å². The van der Waals surface area contributed by atoms with Gasteiger partial charge >= 0.3 is 0 Å². The Morgan fingerprint density at radius 2 is 1.83 bits per heavy atom. The van der Waals surface area contributed by atoms with Gasteiger partial charge in [-0.05, 0) is 17.7 Å². The fourth-order valence-electron chi connectivity index (χ4n) is 2.57. The molecule has 1 aromatic carbocycles. The Balaban J connectivity index is 1.73. The first kappa shape index (κ1) is 16.8. The topological polar surface area (TPSA) is 50.5 Å². The lowest BCUT2D eigenvalue weighted by Crippen LogP contribution is -2.42. The maximum Gasteiger partial charge on any atom is 0.249 e. The number of nitrogens with zero attached hydrogens (tertiary/aromatic N) is 2. The zero-order valence-electron chi connectivity index (χ0n) is 13.4. The van der Waals surface area contributed by atoms with E-state index in [2.05, 4.69) is 0 Å². The summed E-state index contributed by atoms with van der Waals surface area (Å²) in [6.45, 7) is 2.33. The summed E-state index contributed by atoms with van der Waals surface area (Å²) in [6.07, 6.45) is 7.59. The van der Waals surface area contributed by atoms with Crippen molar-refractivity contribution in [2.75, 3.05) is 26.3 Å². The van der Waals surface area contributed by atoms with E-state index in [1.807, 2.05) is 53.2 Å². The van der Waals surface area contributed by atoms with Gasteiger partial charge in [-0.1, -0.05) is 36.4 Å². The summed E-state index contributed by atoms with van der Waals surface area (Å²) in [5.74, 6) is 0. The van der Waals surface area contributed by atoms with Gasteiger partial charge in [-0.3, -0.25) is 0 Å². The third-order valence-corrected chi connectivity index (χ3v) is 5.75. The second-order valence-corrected chi connectivity index (χ2v) is 7.50. The molecule has 0 aliphatic carbocycles. The molecular formula is C18H21N2O3S+. The van der Waals surface area contributed by atoms with Gasteiger partial charge in [0.1, 0.15) is 4.90 Å². The fourth-order valence-corrected chi connectivity index (χ4v) is 4.02. The number of aromatic nitrogens is 1. The molecule has 0 amide bonds. The minimum absolute atomic E-state index is 0.319. The SMILES string of the molecule is O=S(=O)(c1ccc[n+](C/C=C/c2ccccc2)c1)N1CCOCC1. The summed E-state index contributed by atoms with van der Waals surface area (Å²) >= 11 is 0. The summed E-state index contributed by atoms with van der Waals surface area (Å²) in [5.41, 5.74) is 1.12. The van der Waals surface area contributed by atoms with Crippen molar-refractivity contribution in [3.8, 4) is 0 Å². The van der Waals surface area contributed by atoms with E-state index in [1.54, 1.807) is 18.3 Å². The van der Waals surface area contributed by atoms with Crippen LogP contribution in [-0.2, 0) is 21.3 Å². The predicted molar refractivity (Wildman–Crippen MR) is 91.7 cm³/mol. The Labute approximate surface area is 142 Å². The number of hydrogen-bond acceptors (Lipinski definition) is 3.